The first-order valence-corrected chi connectivity index (χ1v) is 7.19. The van der Waals surface area contributed by atoms with Crippen LogP contribution in [-0.4, -0.2) is 33.7 Å². The number of aliphatic hydroxyl groups excluding tert-OH is 1. The number of rotatable bonds is 5. The van der Waals surface area contributed by atoms with Gasteiger partial charge >= 0.3 is 5.69 Å². The van der Waals surface area contributed by atoms with Crippen molar-refractivity contribution in [3.63, 3.8) is 0 Å². The smallest absolute Gasteiger partial charge is 0.325 e. The van der Waals surface area contributed by atoms with E-state index in [-0.39, 0.29) is 34.8 Å². The van der Waals surface area contributed by atoms with Gasteiger partial charge in [-0.3, -0.25) is 4.79 Å². The first-order chi connectivity index (χ1) is 9.57. The number of carbonyl (C=O) groups is 1. The molecule has 106 valence electrons. The third-order valence-corrected chi connectivity index (χ3v) is 3.84. The molecule has 1 heterocycles. The highest BCUT2D eigenvalue weighted by Gasteiger charge is 2.26. The molecule has 2 aromatic rings. The van der Waals surface area contributed by atoms with E-state index in [1.54, 1.807) is 18.2 Å². The lowest BCUT2D eigenvalue weighted by atomic mass is 10.2. The van der Waals surface area contributed by atoms with E-state index in [1.165, 1.54) is 24.8 Å². The van der Waals surface area contributed by atoms with Crippen LogP contribution in [0.1, 0.15) is 16.2 Å². The SMILES string of the molecule is Cc1c(C(=O)CSCCO)[n+](=O)c2ccccc2n1[O-]. The van der Waals surface area contributed by atoms with Gasteiger partial charge in [0.15, 0.2) is 0 Å². The Morgan fingerprint density at radius 3 is 2.85 bits per heavy atom. The summed E-state index contributed by atoms with van der Waals surface area (Å²) in [7, 11) is 0. The molecular formula is C13H14N2O4S. The summed E-state index contributed by atoms with van der Waals surface area (Å²) in [6.07, 6.45) is 0. The van der Waals surface area contributed by atoms with E-state index in [0.29, 0.717) is 14.9 Å². The minimum absolute atomic E-state index is 0.0341. The van der Waals surface area contributed by atoms with Crippen LogP contribution in [0.3, 0.4) is 0 Å². The van der Waals surface area contributed by atoms with Gasteiger partial charge < -0.3 is 15.0 Å². The van der Waals surface area contributed by atoms with Gasteiger partial charge in [-0.25, -0.2) is 0 Å². The lowest BCUT2D eigenvalue weighted by molar-refractivity contribution is -0.468. The van der Waals surface area contributed by atoms with Gasteiger partial charge in [-0.05, 0) is 13.0 Å². The highest BCUT2D eigenvalue weighted by molar-refractivity contribution is 8.00. The monoisotopic (exact) mass is 294 g/mol. The third kappa shape index (κ3) is 2.54. The third-order valence-electron chi connectivity index (χ3n) is 2.90. The number of para-hydroxylation sites is 2. The highest BCUT2D eigenvalue weighted by atomic mass is 32.2. The van der Waals surface area contributed by atoms with E-state index >= 15 is 0 Å². The van der Waals surface area contributed by atoms with Crippen LogP contribution in [0, 0.1) is 17.0 Å². The second-order valence-electron chi connectivity index (χ2n) is 4.21. The van der Waals surface area contributed by atoms with Crippen LogP contribution in [0.2, 0.25) is 0 Å². The standard InChI is InChI=1S/C13H14N2O4S/c1-9-13(12(17)8-20-7-6-16)15(19)11-5-3-2-4-10(11)14(9)18/h2-5,16H,6-8H2,1H3. The summed E-state index contributed by atoms with van der Waals surface area (Å²) in [6, 6.07) is 6.35. The van der Waals surface area contributed by atoms with Gasteiger partial charge in [0, 0.05) is 16.7 Å². The number of hydrogen-bond acceptors (Lipinski definition) is 5. The topological polar surface area (TPSA) is 88.3 Å². The molecule has 7 heteroatoms. The molecule has 0 aliphatic rings. The van der Waals surface area contributed by atoms with Crippen LogP contribution < -0.4 is 4.43 Å². The summed E-state index contributed by atoms with van der Waals surface area (Å²) in [5.74, 6) is 0.0580. The van der Waals surface area contributed by atoms with Crippen LogP contribution in [0.4, 0.5) is 0 Å². The Kier molecular flexibility index (Phi) is 4.41. The summed E-state index contributed by atoms with van der Waals surface area (Å²) in [5, 5.41) is 20.8. The maximum atomic E-state index is 12.3. The Balaban J connectivity index is 2.54. The van der Waals surface area contributed by atoms with Crippen LogP contribution in [0.25, 0.3) is 11.0 Å². The minimum atomic E-state index is -0.411. The Morgan fingerprint density at radius 2 is 2.15 bits per heavy atom. The zero-order valence-electron chi connectivity index (χ0n) is 10.9. The molecule has 0 saturated heterocycles. The van der Waals surface area contributed by atoms with Gasteiger partial charge in [-0.15, -0.1) is 0 Å². The molecule has 1 aromatic heterocycles. The van der Waals surface area contributed by atoms with E-state index in [0.717, 1.165) is 0 Å². The van der Waals surface area contributed by atoms with Crippen molar-refractivity contribution in [1.29, 1.82) is 0 Å². The molecule has 6 nitrogen and oxygen atoms in total. The van der Waals surface area contributed by atoms with Gasteiger partial charge in [0.2, 0.25) is 5.78 Å². The molecule has 0 unspecified atom stereocenters. The molecule has 2 rings (SSSR count). The Morgan fingerprint density at radius 1 is 1.45 bits per heavy atom. The molecule has 0 radical (unpaired) electrons. The molecular weight excluding hydrogens is 280 g/mol. The quantitative estimate of drug-likeness (QED) is 0.507. The van der Waals surface area contributed by atoms with Crippen LogP contribution in [-0.2, 0) is 0 Å². The minimum Gasteiger partial charge on any atom is -0.805 e. The molecule has 20 heavy (non-hydrogen) atoms. The molecule has 1 N–H and O–H groups in total. The Labute approximate surface area is 119 Å². The van der Waals surface area contributed by atoms with Crippen LogP contribution in [0.5, 0.6) is 0 Å². The molecule has 0 fully saturated rings. The van der Waals surface area contributed by atoms with Gasteiger partial charge in [0.25, 0.3) is 5.52 Å². The molecule has 0 spiro atoms. The van der Waals surface area contributed by atoms with E-state index in [1.807, 2.05) is 0 Å². The number of benzene rings is 1. The summed E-state index contributed by atoms with van der Waals surface area (Å²) in [5.41, 5.74) is 0.362. The number of carbonyl (C=O) groups excluding carboxylic acids is 1. The molecule has 0 bridgehead atoms. The Bertz CT molecular complexity index is 711. The van der Waals surface area contributed by atoms with Gasteiger partial charge in [-0.2, -0.15) is 11.8 Å². The number of aliphatic hydroxyl groups is 1. The number of hydrogen-bond donors (Lipinski definition) is 1. The molecule has 0 atom stereocenters. The van der Waals surface area contributed by atoms with Crippen molar-refractivity contribution < 1.29 is 14.3 Å². The highest BCUT2D eigenvalue weighted by Crippen LogP contribution is 2.15. The number of thioether (sulfide) groups is 1. The normalized spacial score (nSPS) is 10.9. The molecule has 0 aliphatic carbocycles. The van der Waals surface area contributed by atoms with Crippen molar-refractivity contribution in [3.8, 4) is 0 Å². The fraction of sp³-hybridized carbons (Fsp3) is 0.308. The number of nitrogens with zero attached hydrogens (tertiary/aromatic N) is 2. The van der Waals surface area contributed by atoms with Crippen LogP contribution in [0.15, 0.2) is 24.3 Å². The molecule has 0 aliphatic heterocycles. The predicted molar refractivity (Wildman–Crippen MR) is 77.5 cm³/mol. The lowest BCUT2D eigenvalue weighted by Gasteiger charge is -2.15. The summed E-state index contributed by atoms with van der Waals surface area (Å²) < 4.78 is 1.12. The number of aromatic nitrogens is 2. The van der Waals surface area contributed by atoms with Gasteiger partial charge in [-0.1, -0.05) is 12.1 Å². The van der Waals surface area contributed by atoms with E-state index in [4.69, 9.17) is 5.11 Å². The van der Waals surface area contributed by atoms with Crippen molar-refractivity contribution in [1.82, 2.24) is 4.73 Å². The first kappa shape index (κ1) is 14.5. The van der Waals surface area contributed by atoms with Crippen molar-refractivity contribution in [3.05, 3.63) is 45.8 Å². The average Bonchev–Trinajstić information content (AvgIpc) is 2.45. The van der Waals surface area contributed by atoms with Crippen molar-refractivity contribution in [2.24, 2.45) is 0 Å². The second kappa shape index (κ2) is 6.06. The fourth-order valence-electron chi connectivity index (χ4n) is 1.96. The number of fused-ring (bicyclic) bond motifs is 1. The van der Waals surface area contributed by atoms with Crippen molar-refractivity contribution in [2.75, 3.05) is 18.1 Å². The first-order valence-electron chi connectivity index (χ1n) is 6.04. The number of Topliss-reactive ketones (excluding diaryl/α,β-unsaturated/α-hetero) is 1. The van der Waals surface area contributed by atoms with Crippen LogP contribution >= 0.6 is 11.8 Å². The van der Waals surface area contributed by atoms with Crippen molar-refractivity contribution >= 4 is 28.6 Å². The largest absolute Gasteiger partial charge is 0.805 e. The maximum Gasteiger partial charge on any atom is 0.325 e. The maximum absolute atomic E-state index is 12.3. The molecule has 0 amide bonds. The molecule has 1 aromatic carbocycles. The molecule has 0 saturated carbocycles. The van der Waals surface area contributed by atoms with E-state index in [9.17, 15) is 14.9 Å². The summed E-state index contributed by atoms with van der Waals surface area (Å²) in [4.78, 5) is 24.3. The van der Waals surface area contributed by atoms with E-state index in [2.05, 4.69) is 0 Å². The van der Waals surface area contributed by atoms with Crippen molar-refractivity contribution in [2.45, 2.75) is 6.92 Å². The predicted octanol–water partition coefficient (Wildman–Crippen LogP) is 1.12. The summed E-state index contributed by atoms with van der Waals surface area (Å²) in [6.45, 7) is 1.42. The van der Waals surface area contributed by atoms with Gasteiger partial charge in [0.05, 0.1) is 22.5 Å². The van der Waals surface area contributed by atoms with E-state index < -0.39 is 5.78 Å². The zero-order valence-corrected chi connectivity index (χ0v) is 11.7. The Hall–Kier alpha value is -1.86. The second-order valence-corrected chi connectivity index (χ2v) is 5.32. The summed E-state index contributed by atoms with van der Waals surface area (Å²) >= 11 is 1.22. The fourth-order valence-corrected chi connectivity index (χ4v) is 2.56. The van der Waals surface area contributed by atoms with Gasteiger partial charge in [0.1, 0.15) is 5.52 Å². The lowest BCUT2D eigenvalue weighted by Crippen LogP contribution is -2.31. The number of ketones is 1. The zero-order chi connectivity index (χ0) is 14.7. The average molecular weight is 294 g/mol.